The zero-order valence-electron chi connectivity index (χ0n) is 32.3. The van der Waals surface area contributed by atoms with Gasteiger partial charge in [-0.2, -0.15) is 69.5 Å². The van der Waals surface area contributed by atoms with Crippen molar-refractivity contribution in [2.45, 2.75) is 57.7 Å². The Balaban J connectivity index is -0.000000244. The van der Waals surface area contributed by atoms with E-state index in [9.17, 15) is 91.2 Å². The fraction of sp³-hybridized carbons (Fsp3) is 0.895. The summed E-state index contributed by atoms with van der Waals surface area (Å²) in [6.07, 6.45) is -7.20. The van der Waals surface area contributed by atoms with Crippen molar-refractivity contribution in [3.63, 3.8) is 0 Å². The van der Waals surface area contributed by atoms with E-state index in [0.717, 1.165) is 14.1 Å². The monoisotopic (exact) mass is 1210 g/mol. The Labute approximate surface area is 420 Å². The molecule has 0 rings (SSSR count). The molecule has 24 nitrogen and oxygen atoms in total. The van der Waals surface area contributed by atoms with E-state index in [1.54, 1.807) is 0 Å². The summed E-state index contributed by atoms with van der Waals surface area (Å²) in [7, 11) is -16.8. The Hall–Kier alpha value is 1.08. The number of amides is 1. The normalized spacial score (nSPS) is 13.4. The summed E-state index contributed by atoms with van der Waals surface area (Å²) >= 11 is -2.20. The predicted octanol–water partition coefficient (Wildman–Crippen LogP) is 1.88. The number of halogens is 12. The molecule has 0 bridgehead atoms. The van der Waals surface area contributed by atoms with Crippen LogP contribution in [0.15, 0.2) is 0 Å². The molecule has 0 saturated carbocycles. The molecule has 0 spiro atoms. The Morgan fingerprint density at radius 2 is 0.906 bits per heavy atom. The van der Waals surface area contributed by atoms with Crippen molar-refractivity contribution in [1.82, 2.24) is 8.61 Å². The molecule has 0 aromatic carbocycles. The van der Waals surface area contributed by atoms with Crippen molar-refractivity contribution in [1.29, 1.82) is 0 Å². The number of carbonyl (C=O) groups excluding carboxylic acids is 1. The van der Waals surface area contributed by atoms with Gasteiger partial charge in [0.1, 0.15) is 65.2 Å². The van der Waals surface area contributed by atoms with Crippen LogP contribution in [0.1, 0.15) is 26.2 Å². The summed E-state index contributed by atoms with van der Waals surface area (Å²) in [6, 6.07) is 0. The maximum absolute atomic E-state index is 13.3. The second kappa shape index (κ2) is 32.1. The van der Waals surface area contributed by atoms with Gasteiger partial charge in [-0.25, -0.2) is 46.5 Å². The minimum atomic E-state index is -5.60. The average Bonchev–Trinajstić information content (AvgIpc) is 3.13. The van der Waals surface area contributed by atoms with Crippen molar-refractivity contribution in [2.24, 2.45) is 0 Å². The van der Waals surface area contributed by atoms with Crippen molar-refractivity contribution in [3.05, 3.63) is 6.92 Å². The van der Waals surface area contributed by atoms with Gasteiger partial charge in [0.15, 0.2) is 0 Å². The van der Waals surface area contributed by atoms with Gasteiger partial charge in [0.2, 0.25) is 5.91 Å². The van der Waals surface area contributed by atoms with Gasteiger partial charge in [0.05, 0.1) is 12.9 Å². The fourth-order valence-electron chi connectivity index (χ4n) is 2.35. The SMILES string of the molecule is CC(=O)N(C)S(=O)(=O)C(F)(F)CC(F)(F)SOOO.CN(C)S(=O)(=O)C(F)(F)CC(F)(F)SOOO.COS(=O)(=O)C(F)(F)CC(F)(F)SOOO.[CH2-]CS(=O)(=O)CCSOOO.[Rb+]. The molecule has 0 aromatic heterocycles. The largest absolute Gasteiger partial charge is 1.00 e. The zero-order chi connectivity index (χ0) is 51.2. The molecular weight excluding hydrogens is 1180 g/mol. The van der Waals surface area contributed by atoms with Crippen LogP contribution in [0.5, 0.6) is 0 Å². The van der Waals surface area contributed by atoms with Crippen LogP contribution < -0.4 is 58.2 Å². The first kappa shape index (κ1) is 74.0. The second-order valence-electron chi connectivity index (χ2n) is 10.0. The number of sulfonamides is 2. The molecule has 0 saturated heterocycles. The fourth-order valence-corrected chi connectivity index (χ4v) is 7.94. The predicted molar refractivity (Wildman–Crippen MR) is 188 cm³/mol. The number of carbonyl (C=O) groups is 1. The van der Waals surface area contributed by atoms with Gasteiger partial charge in [-0.15, -0.1) is 17.3 Å². The van der Waals surface area contributed by atoms with E-state index in [1.165, 1.54) is 0 Å². The van der Waals surface area contributed by atoms with Crippen molar-refractivity contribution in [3.8, 4) is 0 Å². The number of hydrogen-bond acceptors (Lipinski definition) is 26. The smallest absolute Gasteiger partial charge is 0.329 e. The van der Waals surface area contributed by atoms with E-state index >= 15 is 0 Å². The molecule has 0 fully saturated rings. The Bertz CT molecular complexity index is 1780. The van der Waals surface area contributed by atoms with Crippen LogP contribution in [0.4, 0.5) is 52.7 Å². The average molecular weight is 1210 g/mol. The van der Waals surface area contributed by atoms with Crippen molar-refractivity contribution < 1.29 is 212 Å². The molecule has 1 amide bonds. The van der Waals surface area contributed by atoms with Crippen LogP contribution in [-0.2, 0) is 86.5 Å². The third-order valence-electron chi connectivity index (χ3n) is 5.29. The minimum Gasteiger partial charge on any atom is -0.329 e. The van der Waals surface area contributed by atoms with Gasteiger partial charge in [-0.3, -0.25) is 8.98 Å². The summed E-state index contributed by atoms with van der Waals surface area (Å²) in [6.45, 7) is 3.91. The van der Waals surface area contributed by atoms with E-state index in [0.29, 0.717) is 33.1 Å². The van der Waals surface area contributed by atoms with Crippen LogP contribution in [0.3, 0.4) is 0 Å². The van der Waals surface area contributed by atoms with Crippen LogP contribution in [0.25, 0.3) is 0 Å². The topological polar surface area (TPSA) is 324 Å². The molecule has 45 heteroatoms. The summed E-state index contributed by atoms with van der Waals surface area (Å²) in [5.41, 5.74) is 0. The molecule has 0 heterocycles. The first-order valence-corrected chi connectivity index (χ1v) is 23.3. The van der Waals surface area contributed by atoms with E-state index in [2.05, 4.69) is 48.6 Å². The third kappa shape index (κ3) is 30.0. The third-order valence-corrected chi connectivity index (χ3v) is 14.1. The van der Waals surface area contributed by atoms with E-state index in [1.807, 2.05) is 0 Å². The molecule has 0 aromatic rings. The zero-order valence-corrected chi connectivity index (χ0v) is 43.7. The van der Waals surface area contributed by atoms with Gasteiger partial charge in [0.25, 0.3) is 10.0 Å². The van der Waals surface area contributed by atoms with E-state index < -0.39 is 133 Å². The molecule has 0 aliphatic rings. The molecule has 0 unspecified atom stereocenters. The summed E-state index contributed by atoms with van der Waals surface area (Å²) in [5, 5.41) is 14.6. The molecule has 0 radical (unpaired) electrons. The summed E-state index contributed by atoms with van der Waals surface area (Å²) in [5.74, 6) is -1.23. The van der Waals surface area contributed by atoms with Crippen LogP contribution in [0, 0.1) is 6.92 Å². The quantitative estimate of drug-likeness (QED) is 0.0174. The molecule has 0 aliphatic carbocycles. The second-order valence-corrected chi connectivity index (χ2v) is 22.0. The van der Waals surface area contributed by atoms with Crippen molar-refractivity contribution >= 4 is 94.1 Å². The van der Waals surface area contributed by atoms with Crippen LogP contribution >= 0.6 is 48.2 Å². The first-order chi connectivity index (χ1) is 28.0. The van der Waals surface area contributed by atoms with E-state index in [4.69, 9.17) is 21.0 Å². The summed E-state index contributed by atoms with van der Waals surface area (Å²) < 4.78 is 259. The molecular formula is C19H33F12N2O22RbS8. The van der Waals surface area contributed by atoms with Crippen LogP contribution in [-0.4, -0.2) is 146 Å². The van der Waals surface area contributed by atoms with Gasteiger partial charge >= 0.3 is 110 Å². The summed E-state index contributed by atoms with van der Waals surface area (Å²) in [4.78, 5) is 10.7. The van der Waals surface area contributed by atoms with Gasteiger partial charge < -0.3 is 6.92 Å². The maximum atomic E-state index is 13.3. The van der Waals surface area contributed by atoms with Gasteiger partial charge in [0, 0.05) is 45.9 Å². The Kier molecular flexibility index (Phi) is 37.2. The standard InChI is InChI=1S/C6H9F4NO6S2.C5H9F4NO5S2.C4H6F4O6S2.C4H9O5S2.Rb/c1-4(12)11(2)19(14,15)6(9,10)3-5(7,8)18-17-16-13;1-10(2)17(12,13)5(8,9)3-4(6,7)16-15-14-11;1-12-16(10,11)4(7,8)2-3(5,6)15-14-13-9;1-2-11(6,7)4-3-10-9-8-5;/h13H,3H2,1-2H3;11H,3H2,1-2H3;9H,2H2,1H3;5H,1-4H2;/q;;;-1;+1. The van der Waals surface area contributed by atoms with Gasteiger partial charge in [-0.05, 0) is 0 Å². The number of alkyl halides is 12. The molecule has 0 atom stereocenters. The van der Waals surface area contributed by atoms with Crippen molar-refractivity contribution in [2.75, 3.05) is 45.5 Å². The maximum Gasteiger partial charge on any atom is 1.00 e. The van der Waals surface area contributed by atoms with E-state index in [-0.39, 0.29) is 84.1 Å². The first-order valence-electron chi connectivity index (χ1n) is 14.1. The van der Waals surface area contributed by atoms with Crippen LogP contribution in [0.2, 0.25) is 0 Å². The molecule has 0 aliphatic heterocycles. The number of nitrogens with zero attached hydrogens (tertiary/aromatic N) is 2. The Morgan fingerprint density at radius 3 is 1.17 bits per heavy atom. The number of rotatable bonds is 27. The molecule has 64 heavy (non-hydrogen) atoms. The Morgan fingerprint density at radius 1 is 0.594 bits per heavy atom. The number of hydrogen-bond donors (Lipinski definition) is 4. The minimum absolute atomic E-state index is 0. The molecule has 4 N–H and O–H groups in total. The number of sulfone groups is 1. The molecule has 384 valence electrons. The van der Waals surface area contributed by atoms with Gasteiger partial charge in [-0.1, -0.05) is 25.9 Å².